The third-order valence-electron chi connectivity index (χ3n) is 3.66. The second-order valence-corrected chi connectivity index (χ2v) is 5.64. The summed E-state index contributed by atoms with van der Waals surface area (Å²) < 4.78 is 0. The van der Waals surface area contributed by atoms with Gasteiger partial charge in [-0.15, -0.1) is 0 Å². The second-order valence-electron chi connectivity index (χ2n) is 5.20. The Morgan fingerprint density at radius 1 is 1.43 bits per heavy atom. The average molecular weight is 311 g/mol. The number of carbonyl (C=O) groups is 2. The van der Waals surface area contributed by atoms with E-state index in [9.17, 15) is 9.59 Å². The molecule has 0 spiro atoms. The number of nitrogens with zero attached hydrogens (tertiary/aromatic N) is 1. The maximum Gasteiger partial charge on any atom is 0.251 e. The fraction of sp³-hybridized carbons (Fsp3) is 0.467. The zero-order chi connectivity index (χ0) is 15.2. The van der Waals surface area contributed by atoms with Gasteiger partial charge in [0.25, 0.3) is 5.91 Å². The Balaban J connectivity index is 1.80. The van der Waals surface area contributed by atoms with Crippen LogP contribution in [0.2, 0.25) is 5.02 Å². The molecule has 1 aliphatic heterocycles. The Labute approximate surface area is 128 Å². The summed E-state index contributed by atoms with van der Waals surface area (Å²) >= 11 is 5.83. The first-order chi connectivity index (χ1) is 10.1. The van der Waals surface area contributed by atoms with Crippen LogP contribution in [0.5, 0.6) is 0 Å². The van der Waals surface area contributed by atoms with Crippen LogP contribution in [0, 0.1) is 5.92 Å². The van der Waals surface area contributed by atoms with Gasteiger partial charge >= 0.3 is 0 Å². The van der Waals surface area contributed by atoms with Crippen LogP contribution in [0.3, 0.4) is 0 Å². The van der Waals surface area contributed by atoms with Crippen LogP contribution in [-0.2, 0) is 4.79 Å². The molecule has 1 saturated heterocycles. The van der Waals surface area contributed by atoms with E-state index < -0.39 is 0 Å². The summed E-state index contributed by atoms with van der Waals surface area (Å²) in [5.74, 6) is -0.0367. The minimum atomic E-state index is -0.308. The van der Waals surface area contributed by atoms with Gasteiger partial charge in [-0.25, -0.2) is 0 Å². The molecule has 1 aromatic carbocycles. The van der Waals surface area contributed by atoms with E-state index in [1.54, 1.807) is 29.2 Å². The predicted molar refractivity (Wildman–Crippen MR) is 80.2 cm³/mol. The Morgan fingerprint density at radius 3 is 2.95 bits per heavy atom. The zero-order valence-electron chi connectivity index (χ0n) is 11.7. The number of carbonyl (C=O) groups excluding carboxylic acids is 2. The maximum atomic E-state index is 12.0. The monoisotopic (exact) mass is 310 g/mol. The zero-order valence-corrected chi connectivity index (χ0v) is 12.5. The number of nitrogens with one attached hydrogen (secondary N) is 1. The molecule has 2 rings (SSSR count). The summed E-state index contributed by atoms with van der Waals surface area (Å²) in [5, 5.41) is 12.0. The quantitative estimate of drug-likeness (QED) is 0.861. The highest BCUT2D eigenvalue weighted by molar-refractivity contribution is 6.30. The van der Waals surface area contributed by atoms with E-state index >= 15 is 0 Å². The third-order valence-corrected chi connectivity index (χ3v) is 3.90. The van der Waals surface area contributed by atoms with Crippen molar-refractivity contribution in [2.24, 2.45) is 5.92 Å². The molecule has 21 heavy (non-hydrogen) atoms. The van der Waals surface area contributed by atoms with Crippen molar-refractivity contribution < 1.29 is 14.7 Å². The first-order valence-electron chi connectivity index (χ1n) is 7.02. The summed E-state index contributed by atoms with van der Waals surface area (Å²) in [7, 11) is 0. The maximum absolute atomic E-state index is 12.0. The van der Waals surface area contributed by atoms with Crippen LogP contribution in [-0.4, -0.2) is 48.1 Å². The van der Waals surface area contributed by atoms with E-state index in [2.05, 4.69) is 5.32 Å². The van der Waals surface area contributed by atoms with Crippen LogP contribution < -0.4 is 5.32 Å². The number of benzene rings is 1. The van der Waals surface area contributed by atoms with E-state index in [1.807, 2.05) is 0 Å². The molecular formula is C15H19ClN2O3. The lowest BCUT2D eigenvalue weighted by Crippen LogP contribution is -2.39. The van der Waals surface area contributed by atoms with Crippen molar-refractivity contribution in [2.75, 3.05) is 26.2 Å². The van der Waals surface area contributed by atoms with Crippen molar-refractivity contribution in [1.82, 2.24) is 10.2 Å². The van der Waals surface area contributed by atoms with Crippen molar-refractivity contribution in [3.05, 3.63) is 34.9 Å². The summed E-state index contributed by atoms with van der Waals surface area (Å²) in [6.07, 6.45) is 1.63. The molecule has 2 amide bonds. The van der Waals surface area contributed by atoms with Crippen molar-refractivity contribution in [1.29, 1.82) is 0 Å². The Morgan fingerprint density at radius 2 is 2.24 bits per heavy atom. The van der Waals surface area contributed by atoms with Gasteiger partial charge in [-0.05, 0) is 37.0 Å². The van der Waals surface area contributed by atoms with E-state index in [0.717, 1.165) is 12.8 Å². The molecule has 1 aromatic rings. The topological polar surface area (TPSA) is 69.6 Å². The molecular weight excluding hydrogens is 292 g/mol. The minimum absolute atomic E-state index is 0.0167. The molecule has 1 fully saturated rings. The summed E-state index contributed by atoms with van der Waals surface area (Å²) in [6, 6.07) is 6.60. The first-order valence-corrected chi connectivity index (χ1v) is 7.40. The lowest BCUT2D eigenvalue weighted by Gasteiger charge is -2.16. The predicted octanol–water partition coefficient (Wildman–Crippen LogP) is 1.30. The van der Waals surface area contributed by atoms with Crippen LogP contribution in [0.1, 0.15) is 23.2 Å². The smallest absolute Gasteiger partial charge is 0.251 e. The molecule has 0 aliphatic carbocycles. The minimum Gasteiger partial charge on any atom is -0.396 e. The number of amides is 2. The van der Waals surface area contributed by atoms with E-state index in [-0.39, 0.29) is 25.0 Å². The number of rotatable bonds is 5. The van der Waals surface area contributed by atoms with Gasteiger partial charge < -0.3 is 15.3 Å². The van der Waals surface area contributed by atoms with Crippen molar-refractivity contribution in [3.8, 4) is 0 Å². The van der Waals surface area contributed by atoms with Gasteiger partial charge in [-0.2, -0.15) is 0 Å². The third kappa shape index (κ3) is 4.44. The molecule has 0 radical (unpaired) electrons. The van der Waals surface area contributed by atoms with Crippen LogP contribution in [0.15, 0.2) is 24.3 Å². The molecule has 0 bridgehead atoms. The average Bonchev–Trinajstić information content (AvgIpc) is 2.93. The molecule has 0 aromatic heterocycles. The second kappa shape index (κ2) is 7.43. The fourth-order valence-electron chi connectivity index (χ4n) is 2.48. The summed E-state index contributed by atoms with van der Waals surface area (Å²) in [6.45, 7) is 1.48. The molecule has 114 valence electrons. The largest absolute Gasteiger partial charge is 0.396 e. The van der Waals surface area contributed by atoms with Crippen molar-refractivity contribution in [3.63, 3.8) is 0 Å². The van der Waals surface area contributed by atoms with Crippen molar-refractivity contribution >= 4 is 23.4 Å². The molecule has 6 heteroatoms. The highest BCUT2D eigenvalue weighted by Gasteiger charge is 2.25. The van der Waals surface area contributed by atoms with Crippen LogP contribution in [0.25, 0.3) is 0 Å². The summed E-state index contributed by atoms with van der Waals surface area (Å²) in [5.41, 5.74) is 0.440. The lowest BCUT2D eigenvalue weighted by molar-refractivity contribution is -0.129. The van der Waals surface area contributed by atoms with Crippen LogP contribution in [0.4, 0.5) is 0 Å². The normalized spacial score (nSPS) is 17.8. The molecule has 5 nitrogen and oxygen atoms in total. The fourth-order valence-corrected chi connectivity index (χ4v) is 2.67. The number of halogens is 1. The van der Waals surface area contributed by atoms with E-state index in [1.165, 1.54) is 0 Å². The van der Waals surface area contributed by atoms with Gasteiger partial charge in [0, 0.05) is 30.3 Å². The SMILES string of the molecule is O=C(NCC(=O)N1CCC(CCO)C1)c1cccc(Cl)c1. The van der Waals surface area contributed by atoms with Crippen LogP contribution >= 0.6 is 11.6 Å². The number of aliphatic hydroxyl groups is 1. The molecule has 0 saturated carbocycles. The van der Waals surface area contributed by atoms with Gasteiger partial charge in [-0.1, -0.05) is 17.7 Å². The molecule has 2 N–H and O–H groups in total. The van der Waals surface area contributed by atoms with Gasteiger partial charge in [0.15, 0.2) is 0 Å². The molecule has 1 atom stereocenters. The number of aliphatic hydroxyl groups excluding tert-OH is 1. The highest BCUT2D eigenvalue weighted by atomic mass is 35.5. The standard InChI is InChI=1S/C15H19ClN2O3/c16-13-3-1-2-12(8-13)15(21)17-9-14(20)18-6-4-11(10-18)5-7-19/h1-3,8,11,19H,4-7,9-10H2,(H,17,21). The van der Waals surface area contributed by atoms with Gasteiger partial charge in [0.2, 0.25) is 5.91 Å². The molecule has 1 unspecified atom stereocenters. The summed E-state index contributed by atoms with van der Waals surface area (Å²) in [4.78, 5) is 25.7. The molecule has 1 heterocycles. The number of likely N-dealkylation sites (tertiary alicyclic amines) is 1. The molecule has 1 aliphatic rings. The van der Waals surface area contributed by atoms with Gasteiger partial charge in [0.05, 0.1) is 6.54 Å². The highest BCUT2D eigenvalue weighted by Crippen LogP contribution is 2.18. The number of hydrogen-bond acceptors (Lipinski definition) is 3. The number of hydrogen-bond donors (Lipinski definition) is 2. The van der Waals surface area contributed by atoms with Gasteiger partial charge in [0.1, 0.15) is 0 Å². The van der Waals surface area contributed by atoms with Gasteiger partial charge in [-0.3, -0.25) is 9.59 Å². The Kier molecular flexibility index (Phi) is 5.59. The lowest BCUT2D eigenvalue weighted by atomic mass is 10.1. The van der Waals surface area contributed by atoms with E-state index in [4.69, 9.17) is 16.7 Å². The van der Waals surface area contributed by atoms with E-state index in [0.29, 0.717) is 29.6 Å². The Hall–Kier alpha value is -1.59. The Bertz CT molecular complexity index is 521. The van der Waals surface area contributed by atoms with Crippen molar-refractivity contribution in [2.45, 2.75) is 12.8 Å². The first kappa shape index (κ1) is 15.8.